The zero-order chi connectivity index (χ0) is 25.9. The minimum Gasteiger partial charge on any atom is -0.398 e. The Morgan fingerprint density at radius 3 is 2.36 bits per heavy atom. The van der Waals surface area contributed by atoms with Gasteiger partial charge in [-0.25, -0.2) is 0 Å². The van der Waals surface area contributed by atoms with Gasteiger partial charge in [0, 0.05) is 47.6 Å². The molecule has 0 bridgehead atoms. The molecular formula is C28H29N3O4S. The third-order valence-corrected chi connectivity index (χ3v) is 7.40. The molecule has 0 unspecified atom stereocenters. The molecule has 0 aliphatic carbocycles. The van der Waals surface area contributed by atoms with Crippen LogP contribution in [0.1, 0.15) is 35.6 Å². The van der Waals surface area contributed by atoms with E-state index < -0.39 is 10.1 Å². The van der Waals surface area contributed by atoms with Gasteiger partial charge in [-0.2, -0.15) is 13.7 Å². The zero-order valence-electron chi connectivity index (χ0n) is 20.3. The number of nitriles is 1. The largest absolute Gasteiger partial charge is 0.398 e. The van der Waals surface area contributed by atoms with E-state index in [4.69, 9.17) is 15.0 Å². The molecular weight excluding hydrogens is 474 g/mol. The summed E-state index contributed by atoms with van der Waals surface area (Å²) >= 11 is 0. The third kappa shape index (κ3) is 5.44. The number of aryl methyl sites for hydroxylation is 1. The quantitative estimate of drug-likeness (QED) is 0.275. The Morgan fingerprint density at radius 2 is 1.72 bits per heavy atom. The maximum absolute atomic E-state index is 10.5. The van der Waals surface area contributed by atoms with Crippen molar-refractivity contribution in [1.82, 2.24) is 4.57 Å². The van der Waals surface area contributed by atoms with E-state index in [-0.39, 0.29) is 4.90 Å². The lowest BCUT2D eigenvalue weighted by atomic mass is 9.98. The van der Waals surface area contributed by atoms with Crippen molar-refractivity contribution in [2.45, 2.75) is 37.6 Å². The van der Waals surface area contributed by atoms with Crippen molar-refractivity contribution < 1.29 is 17.7 Å². The summed E-state index contributed by atoms with van der Waals surface area (Å²) in [4.78, 5) is -0.0666. The van der Waals surface area contributed by atoms with Crippen LogP contribution in [0, 0.1) is 25.2 Å². The molecule has 2 heterocycles. The van der Waals surface area contributed by atoms with Crippen molar-refractivity contribution in [2.75, 3.05) is 18.9 Å². The highest BCUT2D eigenvalue weighted by atomic mass is 32.2. The second kappa shape index (κ2) is 10.5. The Hall–Kier alpha value is -3.64. The van der Waals surface area contributed by atoms with E-state index in [9.17, 15) is 13.7 Å². The van der Waals surface area contributed by atoms with Crippen LogP contribution in [0.4, 0.5) is 5.69 Å². The average Bonchev–Trinajstić information content (AvgIpc) is 3.25. The number of nitrogen functional groups attached to an aromatic ring is 1. The maximum Gasteiger partial charge on any atom is 0.294 e. The van der Waals surface area contributed by atoms with Crippen molar-refractivity contribution >= 4 is 26.7 Å². The van der Waals surface area contributed by atoms with Crippen LogP contribution in [0.5, 0.6) is 0 Å². The van der Waals surface area contributed by atoms with Gasteiger partial charge in [-0.3, -0.25) is 4.55 Å². The Morgan fingerprint density at radius 1 is 1.03 bits per heavy atom. The summed E-state index contributed by atoms with van der Waals surface area (Å²) in [5.74, 6) is 0. The molecule has 5 rings (SSSR count). The van der Waals surface area contributed by atoms with Gasteiger partial charge in [0.2, 0.25) is 0 Å². The molecule has 1 aromatic heterocycles. The summed E-state index contributed by atoms with van der Waals surface area (Å²) in [5.41, 5.74) is 13.1. The van der Waals surface area contributed by atoms with Crippen molar-refractivity contribution in [2.24, 2.45) is 0 Å². The highest BCUT2D eigenvalue weighted by Crippen LogP contribution is 2.37. The summed E-state index contributed by atoms with van der Waals surface area (Å²) in [6.07, 6.45) is 4.25. The van der Waals surface area contributed by atoms with E-state index in [1.165, 1.54) is 17.6 Å². The topological polar surface area (TPSA) is 118 Å². The van der Waals surface area contributed by atoms with Crippen LogP contribution in [0.15, 0.2) is 71.8 Å². The van der Waals surface area contributed by atoms with E-state index in [1.807, 2.05) is 31.2 Å². The predicted molar refractivity (Wildman–Crippen MR) is 141 cm³/mol. The lowest BCUT2D eigenvalue weighted by Crippen LogP contribution is -2.18. The van der Waals surface area contributed by atoms with Crippen molar-refractivity contribution in [3.63, 3.8) is 0 Å². The van der Waals surface area contributed by atoms with Gasteiger partial charge in [0.1, 0.15) is 0 Å². The van der Waals surface area contributed by atoms with Crippen molar-refractivity contribution in [3.05, 3.63) is 83.6 Å². The molecule has 0 atom stereocenters. The maximum atomic E-state index is 10.5. The highest BCUT2D eigenvalue weighted by Gasteiger charge is 2.21. The zero-order valence-corrected chi connectivity index (χ0v) is 21.1. The van der Waals surface area contributed by atoms with E-state index in [2.05, 4.69) is 35.9 Å². The lowest BCUT2D eigenvalue weighted by molar-refractivity contribution is 0.0707. The molecule has 0 amide bonds. The predicted octanol–water partition coefficient (Wildman–Crippen LogP) is 5.66. The summed E-state index contributed by atoms with van der Waals surface area (Å²) in [6.45, 7) is 5.49. The van der Waals surface area contributed by atoms with Crippen LogP contribution < -0.4 is 5.73 Å². The molecule has 0 spiro atoms. The number of aromatic nitrogens is 1. The standard InChI is InChI=1S/C21H21N3O.C7H8O3S/c1-14-17(3-2-4-20(14)23)19-13-24(16-7-9-25-10-8-16)21-6-5-15(12-22)11-18(19)21;1-6-2-4-7(5-3-6)11(8,9)10/h2-6,11,13,16H,7-10,23H2,1H3;2-5H,1H3,(H,8,9,10). The fraction of sp³-hybridized carbons (Fsp3) is 0.250. The molecule has 7 nitrogen and oxygen atoms in total. The fourth-order valence-corrected chi connectivity index (χ4v) is 4.94. The minimum atomic E-state index is -4.02. The number of anilines is 1. The second-order valence-corrected chi connectivity index (χ2v) is 10.4. The van der Waals surface area contributed by atoms with Gasteiger partial charge in [0.25, 0.3) is 10.1 Å². The molecule has 1 saturated heterocycles. The van der Waals surface area contributed by atoms with E-state index in [0.29, 0.717) is 11.6 Å². The normalized spacial score (nSPS) is 14.2. The molecule has 1 aliphatic rings. The number of ether oxygens (including phenoxy) is 1. The van der Waals surface area contributed by atoms with Gasteiger partial charge in [0.15, 0.2) is 0 Å². The van der Waals surface area contributed by atoms with Crippen LogP contribution in [0.2, 0.25) is 0 Å². The molecule has 1 aliphatic heterocycles. The monoisotopic (exact) mass is 503 g/mol. The summed E-state index contributed by atoms with van der Waals surface area (Å²) in [5, 5.41) is 10.4. The summed E-state index contributed by atoms with van der Waals surface area (Å²) in [7, 11) is -4.02. The summed E-state index contributed by atoms with van der Waals surface area (Å²) < 4.78 is 37.4. The van der Waals surface area contributed by atoms with E-state index in [1.54, 1.807) is 12.1 Å². The average molecular weight is 504 g/mol. The Bertz CT molecular complexity index is 1530. The number of fused-ring (bicyclic) bond motifs is 1. The number of rotatable bonds is 3. The smallest absolute Gasteiger partial charge is 0.294 e. The molecule has 1 fully saturated rings. The first-order valence-corrected chi connectivity index (χ1v) is 13.1. The van der Waals surface area contributed by atoms with Crippen LogP contribution in [0.25, 0.3) is 22.0 Å². The molecule has 36 heavy (non-hydrogen) atoms. The van der Waals surface area contributed by atoms with E-state index >= 15 is 0 Å². The van der Waals surface area contributed by atoms with Crippen molar-refractivity contribution in [3.8, 4) is 17.2 Å². The Balaban J connectivity index is 0.000000233. The third-order valence-electron chi connectivity index (χ3n) is 6.53. The van der Waals surface area contributed by atoms with Crippen LogP contribution in [0.3, 0.4) is 0 Å². The van der Waals surface area contributed by atoms with Gasteiger partial charge in [-0.1, -0.05) is 29.8 Å². The molecule has 3 aromatic carbocycles. The van der Waals surface area contributed by atoms with Gasteiger partial charge < -0.3 is 15.0 Å². The fourth-order valence-electron chi connectivity index (χ4n) is 4.46. The Labute approximate surface area is 211 Å². The van der Waals surface area contributed by atoms with E-state index in [0.717, 1.165) is 59.4 Å². The first-order chi connectivity index (χ1) is 17.2. The number of hydrogen-bond donors (Lipinski definition) is 2. The SMILES string of the molecule is Cc1c(N)cccc1-c1cn(C2CCOCC2)c2ccc(C#N)cc12.Cc1ccc(S(=O)(=O)O)cc1. The molecule has 3 N–H and O–H groups in total. The molecule has 4 aromatic rings. The lowest BCUT2D eigenvalue weighted by Gasteiger charge is -2.24. The number of benzene rings is 3. The van der Waals surface area contributed by atoms with Crippen LogP contribution >= 0.6 is 0 Å². The number of nitrogens with two attached hydrogens (primary N) is 1. The number of nitrogens with zero attached hydrogens (tertiary/aromatic N) is 2. The Kier molecular flexibility index (Phi) is 7.45. The van der Waals surface area contributed by atoms with Crippen LogP contribution in [-0.4, -0.2) is 30.8 Å². The van der Waals surface area contributed by atoms with Gasteiger partial charge >= 0.3 is 0 Å². The molecule has 0 saturated carbocycles. The summed E-state index contributed by atoms with van der Waals surface area (Å²) in [6, 6.07) is 20.6. The number of hydrogen-bond acceptors (Lipinski definition) is 5. The molecule has 0 radical (unpaired) electrons. The second-order valence-electron chi connectivity index (χ2n) is 8.95. The molecule has 186 valence electrons. The minimum absolute atomic E-state index is 0.0666. The van der Waals surface area contributed by atoms with Crippen LogP contribution in [-0.2, 0) is 14.9 Å². The van der Waals surface area contributed by atoms with Gasteiger partial charge in [-0.05, 0) is 74.2 Å². The first kappa shape index (κ1) is 25.5. The first-order valence-electron chi connectivity index (χ1n) is 11.7. The van der Waals surface area contributed by atoms with Gasteiger partial charge in [-0.15, -0.1) is 0 Å². The van der Waals surface area contributed by atoms with Crippen molar-refractivity contribution in [1.29, 1.82) is 5.26 Å². The highest BCUT2D eigenvalue weighted by molar-refractivity contribution is 7.85. The van der Waals surface area contributed by atoms with Gasteiger partial charge in [0.05, 0.1) is 16.5 Å². The molecule has 8 heteroatoms.